The van der Waals surface area contributed by atoms with Crippen LogP contribution in [-0.4, -0.2) is 42.5 Å². The molecule has 1 N–H and O–H groups in total. The summed E-state index contributed by atoms with van der Waals surface area (Å²) in [7, 11) is 0. The minimum Gasteiger partial charge on any atom is -0.462 e. The first-order chi connectivity index (χ1) is 13.2. The van der Waals surface area contributed by atoms with Gasteiger partial charge in [-0.2, -0.15) is 0 Å². The number of aryl methyl sites for hydroxylation is 1. The van der Waals surface area contributed by atoms with Gasteiger partial charge in [-0.3, -0.25) is 9.69 Å². The third-order valence-electron chi connectivity index (χ3n) is 6.52. The Kier molecular flexibility index (Phi) is 5.07. The molecule has 28 heavy (non-hydrogen) atoms. The Hall–Kier alpha value is -1.40. The summed E-state index contributed by atoms with van der Waals surface area (Å²) >= 11 is 1.56. The molecule has 1 saturated carbocycles. The number of nitrogens with one attached hydrogen (secondary N) is 1. The molecule has 154 valence electrons. The number of rotatable bonds is 5. The summed E-state index contributed by atoms with van der Waals surface area (Å²) in [5, 5.41) is 3.74. The summed E-state index contributed by atoms with van der Waals surface area (Å²) in [6.45, 7) is 10.6. The molecule has 2 fully saturated rings. The zero-order chi connectivity index (χ0) is 20.1. The van der Waals surface area contributed by atoms with E-state index in [1.54, 1.807) is 11.3 Å². The normalized spacial score (nSPS) is 28.2. The first-order valence-corrected chi connectivity index (χ1v) is 11.4. The first kappa shape index (κ1) is 19.9. The van der Waals surface area contributed by atoms with Crippen LogP contribution in [0.1, 0.15) is 74.2 Å². The van der Waals surface area contributed by atoms with Gasteiger partial charge in [-0.25, -0.2) is 4.79 Å². The van der Waals surface area contributed by atoms with E-state index in [9.17, 15) is 9.59 Å². The SMILES string of the molecule is CCOC(=O)c1c(NC(=O)CN2C[C@@]3(C)C[C@@H]2CC(C)(C)C3)sc2c1CCC2. The van der Waals surface area contributed by atoms with Crippen molar-refractivity contribution in [3.8, 4) is 0 Å². The minimum absolute atomic E-state index is 0.0144. The van der Waals surface area contributed by atoms with Gasteiger partial charge in [0.2, 0.25) is 5.91 Å². The van der Waals surface area contributed by atoms with Gasteiger partial charge in [0, 0.05) is 17.5 Å². The predicted octanol–water partition coefficient (Wildman–Crippen LogP) is 4.25. The predicted molar refractivity (Wildman–Crippen MR) is 112 cm³/mol. The van der Waals surface area contributed by atoms with Crippen molar-refractivity contribution in [3.63, 3.8) is 0 Å². The molecule has 1 aliphatic heterocycles. The van der Waals surface area contributed by atoms with Crippen molar-refractivity contribution in [1.29, 1.82) is 0 Å². The zero-order valence-electron chi connectivity index (χ0n) is 17.5. The molecule has 1 saturated heterocycles. The Morgan fingerprint density at radius 2 is 2.04 bits per heavy atom. The number of anilines is 1. The molecule has 5 nitrogen and oxygen atoms in total. The van der Waals surface area contributed by atoms with Crippen LogP contribution < -0.4 is 5.32 Å². The van der Waals surface area contributed by atoms with Crippen molar-refractivity contribution in [1.82, 2.24) is 4.90 Å². The van der Waals surface area contributed by atoms with Gasteiger partial charge in [0.1, 0.15) is 5.00 Å². The second kappa shape index (κ2) is 7.13. The smallest absolute Gasteiger partial charge is 0.341 e. The van der Waals surface area contributed by atoms with Crippen molar-refractivity contribution in [2.75, 3.05) is 25.0 Å². The highest BCUT2D eigenvalue weighted by molar-refractivity contribution is 7.17. The maximum absolute atomic E-state index is 12.9. The molecule has 0 radical (unpaired) electrons. The van der Waals surface area contributed by atoms with Crippen LogP contribution in [0.2, 0.25) is 0 Å². The third kappa shape index (κ3) is 3.73. The number of hydrogen-bond acceptors (Lipinski definition) is 5. The molecule has 2 aliphatic carbocycles. The van der Waals surface area contributed by atoms with Gasteiger partial charge >= 0.3 is 5.97 Å². The molecule has 1 amide bonds. The average Bonchev–Trinajstić information content (AvgIpc) is 3.18. The molecule has 4 rings (SSSR count). The second-order valence-corrected chi connectivity index (χ2v) is 11.1. The van der Waals surface area contributed by atoms with Crippen LogP contribution in [0.25, 0.3) is 0 Å². The first-order valence-electron chi connectivity index (χ1n) is 10.6. The van der Waals surface area contributed by atoms with Gasteiger partial charge in [-0.1, -0.05) is 20.8 Å². The largest absolute Gasteiger partial charge is 0.462 e. The third-order valence-corrected chi connectivity index (χ3v) is 7.73. The monoisotopic (exact) mass is 404 g/mol. The lowest BCUT2D eigenvalue weighted by Gasteiger charge is -2.39. The van der Waals surface area contributed by atoms with Gasteiger partial charge < -0.3 is 10.1 Å². The number of likely N-dealkylation sites (tertiary alicyclic amines) is 1. The summed E-state index contributed by atoms with van der Waals surface area (Å²) in [6.07, 6.45) is 6.52. The van der Waals surface area contributed by atoms with Crippen molar-refractivity contribution >= 4 is 28.2 Å². The van der Waals surface area contributed by atoms with Crippen molar-refractivity contribution in [2.45, 2.75) is 72.3 Å². The van der Waals surface area contributed by atoms with E-state index in [-0.39, 0.29) is 11.9 Å². The topological polar surface area (TPSA) is 58.6 Å². The van der Waals surface area contributed by atoms with E-state index in [4.69, 9.17) is 4.74 Å². The molecular formula is C22H32N2O3S. The lowest BCUT2D eigenvalue weighted by atomic mass is 9.65. The Labute approximate surface area is 171 Å². The van der Waals surface area contributed by atoms with E-state index >= 15 is 0 Å². The van der Waals surface area contributed by atoms with Crippen LogP contribution in [-0.2, 0) is 22.4 Å². The van der Waals surface area contributed by atoms with E-state index in [0.717, 1.165) is 37.8 Å². The Balaban J connectivity index is 1.47. The van der Waals surface area contributed by atoms with Crippen molar-refractivity contribution in [2.24, 2.45) is 10.8 Å². The minimum atomic E-state index is -0.302. The van der Waals surface area contributed by atoms with Crippen molar-refractivity contribution in [3.05, 3.63) is 16.0 Å². The number of thiophene rings is 1. The van der Waals surface area contributed by atoms with E-state index < -0.39 is 0 Å². The fourth-order valence-corrected chi connectivity index (χ4v) is 7.32. The average molecular weight is 405 g/mol. The van der Waals surface area contributed by atoms with Gasteiger partial charge in [0.05, 0.1) is 18.7 Å². The van der Waals surface area contributed by atoms with Crippen LogP contribution in [0.4, 0.5) is 5.00 Å². The van der Waals surface area contributed by atoms with Gasteiger partial charge in [-0.05, 0) is 61.8 Å². The summed E-state index contributed by atoms with van der Waals surface area (Å²) < 4.78 is 5.27. The van der Waals surface area contributed by atoms with Crippen LogP contribution >= 0.6 is 11.3 Å². The number of amides is 1. The Morgan fingerprint density at radius 3 is 2.79 bits per heavy atom. The van der Waals surface area contributed by atoms with Crippen molar-refractivity contribution < 1.29 is 14.3 Å². The molecular weight excluding hydrogens is 372 g/mol. The van der Waals surface area contributed by atoms with Crippen LogP contribution in [0.15, 0.2) is 0 Å². The van der Waals surface area contributed by atoms with Crippen LogP contribution in [0.5, 0.6) is 0 Å². The zero-order valence-corrected chi connectivity index (χ0v) is 18.3. The highest BCUT2D eigenvalue weighted by Crippen LogP contribution is 2.52. The highest BCUT2D eigenvalue weighted by Gasteiger charge is 2.49. The van der Waals surface area contributed by atoms with E-state index in [1.165, 1.54) is 17.7 Å². The quantitative estimate of drug-likeness (QED) is 0.745. The molecule has 2 atom stereocenters. The molecule has 2 heterocycles. The fraction of sp³-hybridized carbons (Fsp3) is 0.727. The van der Waals surface area contributed by atoms with Gasteiger partial charge in [0.25, 0.3) is 0 Å². The summed E-state index contributed by atoms with van der Waals surface area (Å²) in [5.41, 5.74) is 2.34. The van der Waals surface area contributed by atoms with Crippen LogP contribution in [0.3, 0.4) is 0 Å². The molecule has 2 bridgehead atoms. The maximum Gasteiger partial charge on any atom is 0.341 e. The van der Waals surface area contributed by atoms with E-state index in [1.807, 2.05) is 6.92 Å². The Morgan fingerprint density at radius 1 is 1.25 bits per heavy atom. The molecule has 1 aromatic heterocycles. The van der Waals surface area contributed by atoms with Gasteiger partial charge in [0.15, 0.2) is 0 Å². The lowest BCUT2D eigenvalue weighted by molar-refractivity contribution is -0.117. The molecule has 3 aliphatic rings. The standard InChI is InChI=1S/C22H32N2O3S/c1-5-27-20(26)18-15-7-6-8-16(15)28-19(18)23-17(25)11-24-13-22(4)10-14(24)9-21(2,3)12-22/h14H,5-13H2,1-4H3,(H,23,25)/t14-,22-/m0/s1. The number of hydrogen-bond donors (Lipinski definition) is 1. The lowest BCUT2D eigenvalue weighted by Crippen LogP contribution is -2.38. The fourth-order valence-electron chi connectivity index (χ4n) is 6.02. The number of ether oxygens (including phenoxy) is 1. The second-order valence-electron chi connectivity index (χ2n) is 9.95. The number of carbonyl (C=O) groups excluding carboxylic acids is 2. The van der Waals surface area contributed by atoms with E-state index in [2.05, 4.69) is 31.0 Å². The molecule has 0 spiro atoms. The van der Waals surface area contributed by atoms with E-state index in [0.29, 0.717) is 40.6 Å². The summed E-state index contributed by atoms with van der Waals surface area (Å²) in [6, 6.07) is 0.484. The van der Waals surface area contributed by atoms with Gasteiger partial charge in [-0.15, -0.1) is 11.3 Å². The number of carbonyl (C=O) groups is 2. The highest BCUT2D eigenvalue weighted by atomic mass is 32.1. The number of fused-ring (bicyclic) bond motifs is 3. The van der Waals surface area contributed by atoms with Crippen LogP contribution in [0, 0.1) is 10.8 Å². The number of esters is 1. The molecule has 1 aromatic rings. The number of nitrogens with zero attached hydrogens (tertiary/aromatic N) is 1. The molecule has 0 unspecified atom stereocenters. The summed E-state index contributed by atoms with van der Waals surface area (Å²) in [5.74, 6) is -0.317. The maximum atomic E-state index is 12.9. The summed E-state index contributed by atoms with van der Waals surface area (Å²) in [4.78, 5) is 29.0. The molecule has 6 heteroatoms. The molecule has 0 aromatic carbocycles. The Bertz CT molecular complexity index is 800.